The van der Waals surface area contributed by atoms with Crippen LogP contribution in [0.4, 0.5) is 0 Å². The van der Waals surface area contributed by atoms with E-state index in [1.165, 1.54) is 12.8 Å². The van der Waals surface area contributed by atoms with Crippen LogP contribution in [0.3, 0.4) is 0 Å². The normalized spacial score (nSPS) is 41.1. The van der Waals surface area contributed by atoms with Gasteiger partial charge in [0.15, 0.2) is 0 Å². The molecular weight excluding hydrogens is 228 g/mol. The smallest absolute Gasteiger partial charge is 0.240 e. The van der Waals surface area contributed by atoms with Gasteiger partial charge in [-0.25, -0.2) is 0 Å². The molecule has 4 nitrogen and oxygen atoms in total. The molecule has 0 aromatic rings. The van der Waals surface area contributed by atoms with Gasteiger partial charge in [0, 0.05) is 18.5 Å². The van der Waals surface area contributed by atoms with E-state index >= 15 is 0 Å². The Kier molecular flexibility index (Phi) is 3.32. The molecule has 5 atom stereocenters. The van der Waals surface area contributed by atoms with E-state index < -0.39 is 6.04 Å². The quantitative estimate of drug-likeness (QED) is 0.766. The molecule has 1 saturated heterocycles. The Morgan fingerprint density at radius 3 is 2.67 bits per heavy atom. The molecule has 1 aliphatic heterocycles. The highest BCUT2D eigenvalue weighted by Gasteiger charge is 2.43. The lowest BCUT2D eigenvalue weighted by Gasteiger charge is -2.30. The molecule has 4 heteroatoms. The Bertz CT molecular complexity index is 334. The molecule has 3 aliphatic rings. The van der Waals surface area contributed by atoms with E-state index in [0.29, 0.717) is 6.04 Å². The number of carbonyl (C=O) groups excluding carboxylic acids is 1. The fraction of sp³-hybridized carbons (Fsp3) is 0.929. The van der Waals surface area contributed by atoms with Crippen molar-refractivity contribution in [1.29, 1.82) is 0 Å². The lowest BCUT2D eigenvalue weighted by atomic mass is 9.95. The van der Waals surface area contributed by atoms with Crippen LogP contribution in [0.15, 0.2) is 0 Å². The first-order valence-electron chi connectivity index (χ1n) is 7.42. The number of likely N-dealkylation sites (tertiary alicyclic amines) is 1. The average Bonchev–Trinajstić information content (AvgIpc) is 3.02. The number of nitrogens with two attached hydrogens (primary N) is 1. The number of fused-ring (bicyclic) bond motifs is 1. The summed E-state index contributed by atoms with van der Waals surface area (Å²) in [5.41, 5.74) is 6.12. The number of aliphatic hydroxyl groups excluding tert-OH is 1. The molecule has 2 unspecified atom stereocenters. The van der Waals surface area contributed by atoms with Crippen LogP contribution in [0.1, 0.15) is 44.9 Å². The number of hydrogen-bond donors (Lipinski definition) is 2. The van der Waals surface area contributed by atoms with Gasteiger partial charge in [-0.2, -0.15) is 0 Å². The summed E-state index contributed by atoms with van der Waals surface area (Å²) in [4.78, 5) is 14.5. The molecule has 0 aromatic heterocycles. The summed E-state index contributed by atoms with van der Waals surface area (Å²) in [6, 6.07) is -0.0380. The monoisotopic (exact) mass is 252 g/mol. The first-order valence-corrected chi connectivity index (χ1v) is 7.42. The van der Waals surface area contributed by atoms with E-state index in [1.54, 1.807) is 0 Å². The summed E-state index contributed by atoms with van der Waals surface area (Å²) in [6.45, 7) is 0.880. The second-order valence-corrected chi connectivity index (χ2v) is 6.27. The van der Waals surface area contributed by atoms with E-state index in [1.807, 2.05) is 4.90 Å². The standard InChI is InChI=1S/C14H24N2O2/c15-13(10-4-2-6-12(10)17)14(18)16-8-7-9-3-1-5-11(9)16/h9-13,17H,1-8,15H2/t9?,10-,11+,12-,13?/m1/s1. The van der Waals surface area contributed by atoms with Crippen molar-refractivity contribution in [2.24, 2.45) is 17.6 Å². The zero-order chi connectivity index (χ0) is 12.7. The van der Waals surface area contributed by atoms with Crippen molar-refractivity contribution in [1.82, 2.24) is 4.90 Å². The molecule has 3 N–H and O–H groups in total. The van der Waals surface area contributed by atoms with Crippen molar-refractivity contribution in [3.8, 4) is 0 Å². The van der Waals surface area contributed by atoms with Gasteiger partial charge in [0.1, 0.15) is 0 Å². The Morgan fingerprint density at radius 1 is 1.17 bits per heavy atom. The van der Waals surface area contributed by atoms with E-state index in [2.05, 4.69) is 0 Å². The van der Waals surface area contributed by atoms with E-state index in [0.717, 1.165) is 44.6 Å². The predicted octanol–water partition coefficient (Wildman–Crippen LogP) is 0.876. The summed E-state index contributed by atoms with van der Waals surface area (Å²) >= 11 is 0. The predicted molar refractivity (Wildman–Crippen MR) is 68.8 cm³/mol. The zero-order valence-corrected chi connectivity index (χ0v) is 10.9. The number of hydrogen-bond acceptors (Lipinski definition) is 3. The molecule has 0 spiro atoms. The third-order valence-corrected chi connectivity index (χ3v) is 5.32. The zero-order valence-electron chi connectivity index (χ0n) is 10.9. The van der Waals surface area contributed by atoms with Gasteiger partial charge in [0.25, 0.3) is 0 Å². The fourth-order valence-electron chi connectivity index (χ4n) is 4.27. The van der Waals surface area contributed by atoms with Crippen molar-refractivity contribution in [2.75, 3.05) is 6.54 Å². The second kappa shape index (κ2) is 4.82. The Hall–Kier alpha value is -0.610. The highest BCUT2D eigenvalue weighted by Crippen LogP contribution is 2.38. The lowest BCUT2D eigenvalue weighted by Crippen LogP contribution is -2.51. The summed E-state index contributed by atoms with van der Waals surface area (Å²) in [7, 11) is 0. The molecule has 0 bridgehead atoms. The van der Waals surface area contributed by atoms with Crippen molar-refractivity contribution in [2.45, 2.75) is 63.1 Å². The summed E-state index contributed by atoms with van der Waals surface area (Å²) in [5, 5.41) is 9.89. The fourth-order valence-corrected chi connectivity index (χ4v) is 4.27. The number of aliphatic hydroxyl groups is 1. The van der Waals surface area contributed by atoms with Crippen LogP contribution in [-0.4, -0.2) is 40.6 Å². The lowest BCUT2D eigenvalue weighted by molar-refractivity contribution is -0.135. The average molecular weight is 252 g/mol. The van der Waals surface area contributed by atoms with Crippen molar-refractivity contribution in [3.05, 3.63) is 0 Å². The third kappa shape index (κ3) is 1.95. The Balaban J connectivity index is 1.67. The van der Waals surface area contributed by atoms with Crippen LogP contribution >= 0.6 is 0 Å². The highest BCUT2D eigenvalue weighted by atomic mass is 16.3. The maximum Gasteiger partial charge on any atom is 0.240 e. The molecule has 2 saturated carbocycles. The molecule has 0 radical (unpaired) electrons. The van der Waals surface area contributed by atoms with Crippen LogP contribution in [0, 0.1) is 11.8 Å². The molecule has 2 aliphatic carbocycles. The summed E-state index contributed by atoms with van der Waals surface area (Å²) in [5.74, 6) is 0.794. The van der Waals surface area contributed by atoms with Crippen LogP contribution in [0.5, 0.6) is 0 Å². The minimum Gasteiger partial charge on any atom is -0.393 e. The third-order valence-electron chi connectivity index (χ3n) is 5.32. The first kappa shape index (κ1) is 12.4. The molecule has 1 heterocycles. The van der Waals surface area contributed by atoms with Gasteiger partial charge < -0.3 is 15.7 Å². The molecule has 1 amide bonds. The van der Waals surface area contributed by atoms with Gasteiger partial charge in [-0.15, -0.1) is 0 Å². The minimum atomic E-state index is -0.484. The maximum atomic E-state index is 12.5. The van der Waals surface area contributed by atoms with E-state index in [-0.39, 0.29) is 17.9 Å². The van der Waals surface area contributed by atoms with Gasteiger partial charge >= 0.3 is 0 Å². The molecule has 102 valence electrons. The van der Waals surface area contributed by atoms with E-state index in [9.17, 15) is 9.90 Å². The highest BCUT2D eigenvalue weighted by molar-refractivity contribution is 5.82. The van der Waals surface area contributed by atoms with Gasteiger partial charge in [-0.3, -0.25) is 4.79 Å². The van der Waals surface area contributed by atoms with Crippen molar-refractivity contribution in [3.63, 3.8) is 0 Å². The molecule has 3 fully saturated rings. The minimum absolute atomic E-state index is 0.0158. The van der Waals surface area contributed by atoms with Gasteiger partial charge in [0.2, 0.25) is 5.91 Å². The first-order chi connectivity index (χ1) is 8.68. The number of carbonyl (C=O) groups is 1. The van der Waals surface area contributed by atoms with Crippen molar-refractivity contribution >= 4 is 5.91 Å². The van der Waals surface area contributed by atoms with Crippen LogP contribution in [0.2, 0.25) is 0 Å². The number of nitrogens with zero attached hydrogens (tertiary/aromatic N) is 1. The topological polar surface area (TPSA) is 66.6 Å². The van der Waals surface area contributed by atoms with Crippen molar-refractivity contribution < 1.29 is 9.90 Å². The SMILES string of the molecule is NC(C(=O)N1CCC2CCC[C@@H]21)[C@@H]1CCC[C@H]1O. The molecule has 0 aromatic carbocycles. The Morgan fingerprint density at radius 2 is 1.94 bits per heavy atom. The largest absolute Gasteiger partial charge is 0.393 e. The van der Waals surface area contributed by atoms with Crippen LogP contribution in [0.25, 0.3) is 0 Å². The molecular formula is C14H24N2O2. The van der Waals surface area contributed by atoms with Crippen LogP contribution < -0.4 is 5.73 Å². The van der Waals surface area contributed by atoms with Gasteiger partial charge in [-0.05, 0) is 38.0 Å². The van der Waals surface area contributed by atoms with Gasteiger partial charge in [0.05, 0.1) is 12.1 Å². The second-order valence-electron chi connectivity index (χ2n) is 6.27. The summed E-state index contributed by atoms with van der Waals surface area (Å²) in [6.07, 6.45) is 7.15. The molecule has 3 rings (SSSR count). The number of amides is 1. The molecule has 18 heavy (non-hydrogen) atoms. The van der Waals surface area contributed by atoms with Gasteiger partial charge in [-0.1, -0.05) is 12.8 Å². The number of rotatable bonds is 2. The van der Waals surface area contributed by atoms with Crippen LogP contribution in [-0.2, 0) is 4.79 Å². The maximum absolute atomic E-state index is 12.5. The van der Waals surface area contributed by atoms with E-state index in [4.69, 9.17) is 5.73 Å². The summed E-state index contributed by atoms with van der Waals surface area (Å²) < 4.78 is 0. The Labute approximate surface area is 109 Å².